The third-order valence-electron chi connectivity index (χ3n) is 2.89. The average Bonchev–Trinajstić information content (AvgIpc) is 2.98. The van der Waals surface area contributed by atoms with E-state index in [4.69, 9.17) is 0 Å². The first kappa shape index (κ1) is 14.9. The van der Waals surface area contributed by atoms with Gasteiger partial charge in [0.1, 0.15) is 0 Å². The van der Waals surface area contributed by atoms with Crippen molar-refractivity contribution in [2.24, 2.45) is 0 Å². The van der Waals surface area contributed by atoms with E-state index < -0.39 is 0 Å². The zero-order valence-corrected chi connectivity index (χ0v) is 13.2. The Kier molecular flexibility index (Phi) is 5.44. The number of amides is 1. The summed E-state index contributed by atoms with van der Waals surface area (Å²) < 4.78 is 0. The molecule has 0 unspecified atom stereocenters. The monoisotopic (exact) mass is 303 g/mol. The van der Waals surface area contributed by atoms with Crippen LogP contribution in [0, 0.1) is 0 Å². The van der Waals surface area contributed by atoms with Crippen molar-refractivity contribution in [1.29, 1.82) is 0 Å². The molecule has 0 aliphatic rings. The van der Waals surface area contributed by atoms with Crippen LogP contribution >= 0.6 is 23.1 Å². The van der Waals surface area contributed by atoms with Crippen LogP contribution in [-0.4, -0.2) is 24.1 Å². The summed E-state index contributed by atoms with van der Waals surface area (Å²) in [5.41, 5.74) is 1.14. The molecule has 2 aromatic rings. The van der Waals surface area contributed by atoms with Gasteiger partial charge in [-0.3, -0.25) is 4.79 Å². The Bertz CT molecular complexity index is 573. The molecule has 0 bridgehead atoms. The van der Waals surface area contributed by atoms with Gasteiger partial charge in [-0.25, -0.2) is 0 Å². The number of hydrogen-bond donors (Lipinski definition) is 0. The standard InChI is InChI=1S/C16H17NOS2/c1-17(12-13-5-7-14(19-2)8-6-13)16(18)10-9-15-4-3-11-20-15/h3-11H,12H2,1-2H3/b10-9+. The van der Waals surface area contributed by atoms with E-state index in [1.165, 1.54) is 4.90 Å². The van der Waals surface area contributed by atoms with E-state index in [0.29, 0.717) is 6.54 Å². The third-order valence-corrected chi connectivity index (χ3v) is 4.47. The highest BCUT2D eigenvalue weighted by molar-refractivity contribution is 7.98. The van der Waals surface area contributed by atoms with Gasteiger partial charge in [-0.1, -0.05) is 18.2 Å². The lowest BCUT2D eigenvalue weighted by Gasteiger charge is -2.15. The van der Waals surface area contributed by atoms with Crippen LogP contribution in [0.5, 0.6) is 0 Å². The molecule has 0 N–H and O–H groups in total. The maximum atomic E-state index is 12.0. The second-order valence-electron chi connectivity index (χ2n) is 4.39. The molecule has 0 spiro atoms. The summed E-state index contributed by atoms with van der Waals surface area (Å²) in [6.45, 7) is 0.627. The van der Waals surface area contributed by atoms with Crippen LogP contribution in [0.1, 0.15) is 10.4 Å². The molecule has 0 saturated heterocycles. The summed E-state index contributed by atoms with van der Waals surface area (Å²) in [5, 5.41) is 2.00. The van der Waals surface area contributed by atoms with Gasteiger partial charge >= 0.3 is 0 Å². The first-order valence-electron chi connectivity index (χ1n) is 6.28. The SMILES string of the molecule is CSc1ccc(CN(C)C(=O)/C=C/c2cccs2)cc1. The van der Waals surface area contributed by atoms with Crippen LogP contribution in [0.4, 0.5) is 0 Å². The molecule has 0 aliphatic heterocycles. The van der Waals surface area contributed by atoms with Gasteiger partial charge < -0.3 is 4.90 Å². The lowest BCUT2D eigenvalue weighted by molar-refractivity contribution is -0.125. The summed E-state index contributed by atoms with van der Waals surface area (Å²) in [6, 6.07) is 12.3. The third kappa shape index (κ3) is 4.25. The van der Waals surface area contributed by atoms with Crippen molar-refractivity contribution in [2.75, 3.05) is 13.3 Å². The molecular weight excluding hydrogens is 286 g/mol. The molecule has 1 amide bonds. The lowest BCUT2D eigenvalue weighted by atomic mass is 10.2. The molecule has 0 fully saturated rings. The number of benzene rings is 1. The fraction of sp³-hybridized carbons (Fsp3) is 0.188. The van der Waals surface area contributed by atoms with Gasteiger partial charge in [0.25, 0.3) is 0 Å². The Labute approximate surface area is 128 Å². The molecule has 1 aromatic heterocycles. The first-order valence-corrected chi connectivity index (χ1v) is 8.39. The summed E-state index contributed by atoms with van der Waals surface area (Å²) in [5.74, 6) is 0.0207. The molecule has 1 aromatic carbocycles. The Hall–Kier alpha value is -1.52. The maximum Gasteiger partial charge on any atom is 0.246 e. The van der Waals surface area contributed by atoms with Gasteiger partial charge in [0.05, 0.1) is 0 Å². The predicted molar refractivity (Wildman–Crippen MR) is 88.1 cm³/mol. The molecule has 0 saturated carbocycles. The molecule has 0 radical (unpaired) electrons. The number of likely N-dealkylation sites (N-methyl/N-ethyl adjacent to an activating group) is 1. The minimum Gasteiger partial charge on any atom is -0.338 e. The summed E-state index contributed by atoms with van der Waals surface area (Å²) in [7, 11) is 1.82. The van der Waals surface area contributed by atoms with Crippen molar-refractivity contribution in [2.45, 2.75) is 11.4 Å². The van der Waals surface area contributed by atoms with Crippen LogP contribution in [0.15, 0.2) is 52.7 Å². The highest BCUT2D eigenvalue weighted by Crippen LogP contribution is 2.16. The average molecular weight is 303 g/mol. The van der Waals surface area contributed by atoms with Crippen LogP contribution in [-0.2, 0) is 11.3 Å². The minimum absolute atomic E-state index is 0.0207. The van der Waals surface area contributed by atoms with Crippen LogP contribution in [0.25, 0.3) is 6.08 Å². The lowest BCUT2D eigenvalue weighted by Crippen LogP contribution is -2.24. The van der Waals surface area contributed by atoms with Gasteiger partial charge in [-0.15, -0.1) is 23.1 Å². The van der Waals surface area contributed by atoms with Crippen molar-refractivity contribution < 1.29 is 4.79 Å². The first-order chi connectivity index (χ1) is 9.69. The molecule has 0 atom stereocenters. The maximum absolute atomic E-state index is 12.0. The van der Waals surface area contributed by atoms with Crippen molar-refractivity contribution in [3.63, 3.8) is 0 Å². The molecule has 1 heterocycles. The Balaban J connectivity index is 1.93. The molecule has 0 aliphatic carbocycles. The molecule has 104 valence electrons. The number of carbonyl (C=O) groups excluding carboxylic acids is 1. The second kappa shape index (κ2) is 7.31. The van der Waals surface area contributed by atoms with Gasteiger partial charge in [-0.2, -0.15) is 0 Å². The number of carbonyl (C=O) groups is 1. The van der Waals surface area contributed by atoms with E-state index in [2.05, 4.69) is 30.5 Å². The number of thiophene rings is 1. The molecule has 2 nitrogen and oxygen atoms in total. The van der Waals surface area contributed by atoms with Crippen LogP contribution in [0.2, 0.25) is 0 Å². The Morgan fingerprint density at radius 2 is 2.05 bits per heavy atom. The fourth-order valence-corrected chi connectivity index (χ4v) is 2.78. The van der Waals surface area contributed by atoms with Crippen molar-refractivity contribution in [3.8, 4) is 0 Å². The van der Waals surface area contributed by atoms with Crippen molar-refractivity contribution in [3.05, 3.63) is 58.3 Å². The van der Waals surface area contributed by atoms with E-state index in [1.807, 2.05) is 30.6 Å². The largest absolute Gasteiger partial charge is 0.338 e. The number of nitrogens with zero attached hydrogens (tertiary/aromatic N) is 1. The van der Waals surface area contributed by atoms with E-state index in [9.17, 15) is 4.79 Å². The van der Waals surface area contributed by atoms with Gasteiger partial charge in [0.15, 0.2) is 0 Å². The minimum atomic E-state index is 0.0207. The normalized spacial score (nSPS) is 10.9. The fourth-order valence-electron chi connectivity index (χ4n) is 1.75. The topological polar surface area (TPSA) is 20.3 Å². The molecule has 20 heavy (non-hydrogen) atoms. The Morgan fingerprint density at radius 3 is 2.65 bits per heavy atom. The zero-order chi connectivity index (χ0) is 14.4. The van der Waals surface area contributed by atoms with E-state index in [1.54, 1.807) is 34.1 Å². The number of hydrogen-bond acceptors (Lipinski definition) is 3. The van der Waals surface area contributed by atoms with Gasteiger partial charge in [-0.05, 0) is 41.5 Å². The smallest absolute Gasteiger partial charge is 0.246 e. The Morgan fingerprint density at radius 1 is 1.30 bits per heavy atom. The van der Waals surface area contributed by atoms with Gasteiger partial charge in [0, 0.05) is 29.4 Å². The molecule has 2 rings (SSSR count). The molecule has 4 heteroatoms. The van der Waals surface area contributed by atoms with E-state index in [0.717, 1.165) is 10.4 Å². The predicted octanol–water partition coefficient (Wildman–Crippen LogP) is 4.14. The quantitative estimate of drug-likeness (QED) is 0.611. The zero-order valence-electron chi connectivity index (χ0n) is 11.6. The van der Waals surface area contributed by atoms with Crippen LogP contribution < -0.4 is 0 Å². The van der Waals surface area contributed by atoms with Crippen molar-refractivity contribution in [1.82, 2.24) is 4.90 Å². The molecular formula is C16H17NOS2. The summed E-state index contributed by atoms with van der Waals surface area (Å²) >= 11 is 3.34. The highest BCUT2D eigenvalue weighted by Gasteiger charge is 2.05. The summed E-state index contributed by atoms with van der Waals surface area (Å²) in [4.78, 5) is 16.1. The second-order valence-corrected chi connectivity index (χ2v) is 6.25. The van der Waals surface area contributed by atoms with Gasteiger partial charge in [0.2, 0.25) is 5.91 Å². The highest BCUT2D eigenvalue weighted by atomic mass is 32.2. The summed E-state index contributed by atoms with van der Waals surface area (Å²) in [6.07, 6.45) is 5.54. The van der Waals surface area contributed by atoms with Crippen LogP contribution in [0.3, 0.4) is 0 Å². The van der Waals surface area contributed by atoms with E-state index >= 15 is 0 Å². The number of thioether (sulfide) groups is 1. The van der Waals surface area contributed by atoms with E-state index in [-0.39, 0.29) is 5.91 Å². The number of rotatable bonds is 5. The van der Waals surface area contributed by atoms with Crippen molar-refractivity contribution >= 4 is 35.1 Å².